The topological polar surface area (TPSA) is 73.5 Å². The summed E-state index contributed by atoms with van der Waals surface area (Å²) in [6, 6.07) is 0.847. The summed E-state index contributed by atoms with van der Waals surface area (Å²) in [5.74, 6) is 0.922. The van der Waals surface area contributed by atoms with Gasteiger partial charge in [-0.25, -0.2) is 4.68 Å². The number of aryl methyl sites for hydroxylation is 1. The van der Waals surface area contributed by atoms with Gasteiger partial charge in [0, 0.05) is 12.2 Å². The van der Waals surface area contributed by atoms with E-state index in [4.69, 9.17) is 0 Å². The lowest BCUT2D eigenvalue weighted by Gasteiger charge is -2.13. The molecule has 1 unspecified atom stereocenters. The summed E-state index contributed by atoms with van der Waals surface area (Å²) in [7, 11) is 0. The lowest BCUT2D eigenvalue weighted by molar-refractivity contribution is 0.436. The average Bonchev–Trinajstić information content (AvgIpc) is 2.98. The van der Waals surface area contributed by atoms with Crippen LogP contribution >= 0.6 is 0 Å². The quantitative estimate of drug-likeness (QED) is 0.828. The molecule has 19 heavy (non-hydrogen) atoms. The van der Waals surface area contributed by atoms with Gasteiger partial charge in [-0.05, 0) is 42.7 Å². The van der Waals surface area contributed by atoms with Gasteiger partial charge in [0.1, 0.15) is 0 Å². The molecule has 3 rings (SSSR count). The fourth-order valence-electron chi connectivity index (χ4n) is 2.11. The standard InChI is InChI=1S/C12H19N7/c1-9-5-14-18(7-9)8-10(2)13-6-12-15-16-17-19(12)11-3-4-11/h5,7,10-11,13H,3-4,6,8H2,1-2H3. The molecule has 1 fully saturated rings. The van der Waals surface area contributed by atoms with Gasteiger partial charge >= 0.3 is 0 Å². The molecule has 2 aromatic heterocycles. The van der Waals surface area contributed by atoms with Crippen molar-refractivity contribution >= 4 is 0 Å². The highest BCUT2D eigenvalue weighted by Crippen LogP contribution is 2.34. The number of aromatic nitrogens is 6. The number of tetrazole rings is 1. The maximum Gasteiger partial charge on any atom is 0.165 e. The first kappa shape index (κ1) is 12.3. The van der Waals surface area contributed by atoms with Crippen molar-refractivity contribution < 1.29 is 0 Å². The molecule has 2 aromatic rings. The number of nitrogens with zero attached hydrogens (tertiary/aromatic N) is 6. The molecule has 1 aliphatic carbocycles. The maximum atomic E-state index is 4.29. The Morgan fingerprint density at radius 1 is 1.47 bits per heavy atom. The molecule has 1 aliphatic rings. The van der Waals surface area contributed by atoms with Crippen LogP contribution in [0, 0.1) is 6.92 Å². The molecule has 0 bridgehead atoms. The molecule has 1 saturated carbocycles. The van der Waals surface area contributed by atoms with Gasteiger partial charge < -0.3 is 5.32 Å². The van der Waals surface area contributed by atoms with Crippen LogP contribution in [0.4, 0.5) is 0 Å². The summed E-state index contributed by atoms with van der Waals surface area (Å²) < 4.78 is 3.90. The van der Waals surface area contributed by atoms with E-state index in [1.807, 2.05) is 28.7 Å². The van der Waals surface area contributed by atoms with Crippen LogP contribution < -0.4 is 5.32 Å². The van der Waals surface area contributed by atoms with Crippen molar-refractivity contribution in [2.45, 2.75) is 51.9 Å². The number of hydrogen-bond donors (Lipinski definition) is 1. The molecule has 2 heterocycles. The van der Waals surface area contributed by atoms with Gasteiger partial charge in [-0.15, -0.1) is 5.10 Å². The van der Waals surface area contributed by atoms with Gasteiger partial charge in [0.25, 0.3) is 0 Å². The van der Waals surface area contributed by atoms with Crippen LogP contribution in [-0.4, -0.2) is 36.0 Å². The molecule has 7 nitrogen and oxygen atoms in total. The molecule has 0 aromatic carbocycles. The van der Waals surface area contributed by atoms with Crippen LogP contribution in [0.15, 0.2) is 12.4 Å². The average molecular weight is 261 g/mol. The largest absolute Gasteiger partial charge is 0.305 e. The Balaban J connectivity index is 1.52. The van der Waals surface area contributed by atoms with Crippen molar-refractivity contribution in [2.24, 2.45) is 0 Å². The van der Waals surface area contributed by atoms with E-state index >= 15 is 0 Å². The monoisotopic (exact) mass is 261 g/mol. The van der Waals surface area contributed by atoms with Gasteiger partial charge in [-0.3, -0.25) is 4.68 Å². The maximum absolute atomic E-state index is 4.29. The minimum Gasteiger partial charge on any atom is -0.305 e. The predicted octanol–water partition coefficient (Wildman–Crippen LogP) is 0.691. The van der Waals surface area contributed by atoms with E-state index in [2.05, 4.69) is 32.9 Å². The predicted molar refractivity (Wildman–Crippen MR) is 69.4 cm³/mol. The SMILES string of the molecule is Cc1cnn(CC(C)NCc2nnnn2C2CC2)c1. The van der Waals surface area contributed by atoms with Crippen LogP contribution in [0.5, 0.6) is 0 Å². The summed E-state index contributed by atoms with van der Waals surface area (Å²) in [6.45, 7) is 5.73. The number of nitrogens with one attached hydrogen (secondary N) is 1. The summed E-state index contributed by atoms with van der Waals surface area (Å²) in [6.07, 6.45) is 6.31. The normalized spacial score (nSPS) is 16.7. The van der Waals surface area contributed by atoms with Crippen LogP contribution in [-0.2, 0) is 13.1 Å². The zero-order valence-corrected chi connectivity index (χ0v) is 11.3. The number of rotatable bonds is 6. The Labute approximate surface area is 112 Å². The van der Waals surface area contributed by atoms with E-state index in [1.165, 1.54) is 18.4 Å². The minimum atomic E-state index is 0.323. The molecular formula is C12H19N7. The zero-order chi connectivity index (χ0) is 13.2. The fraction of sp³-hybridized carbons (Fsp3) is 0.667. The van der Waals surface area contributed by atoms with E-state index in [0.29, 0.717) is 18.6 Å². The molecular weight excluding hydrogens is 242 g/mol. The van der Waals surface area contributed by atoms with Crippen molar-refractivity contribution in [2.75, 3.05) is 0 Å². The first-order valence-corrected chi connectivity index (χ1v) is 6.71. The molecule has 0 spiro atoms. The molecule has 0 saturated heterocycles. The van der Waals surface area contributed by atoms with Crippen molar-refractivity contribution in [3.8, 4) is 0 Å². The lowest BCUT2D eigenvalue weighted by Crippen LogP contribution is -2.31. The summed E-state index contributed by atoms with van der Waals surface area (Å²) in [4.78, 5) is 0. The highest BCUT2D eigenvalue weighted by Gasteiger charge is 2.27. The smallest absolute Gasteiger partial charge is 0.165 e. The minimum absolute atomic E-state index is 0.323. The molecule has 7 heteroatoms. The third-order valence-electron chi connectivity index (χ3n) is 3.29. The molecule has 0 amide bonds. The third kappa shape index (κ3) is 2.98. The van der Waals surface area contributed by atoms with Crippen LogP contribution in [0.3, 0.4) is 0 Å². The van der Waals surface area contributed by atoms with Gasteiger partial charge in [-0.1, -0.05) is 0 Å². The van der Waals surface area contributed by atoms with E-state index in [9.17, 15) is 0 Å². The van der Waals surface area contributed by atoms with Gasteiger partial charge in [-0.2, -0.15) is 5.10 Å². The van der Waals surface area contributed by atoms with E-state index in [0.717, 1.165) is 12.4 Å². The van der Waals surface area contributed by atoms with Gasteiger partial charge in [0.2, 0.25) is 0 Å². The Morgan fingerprint density at radius 3 is 3.00 bits per heavy atom. The first-order chi connectivity index (χ1) is 9.22. The van der Waals surface area contributed by atoms with Crippen molar-refractivity contribution in [3.63, 3.8) is 0 Å². The Bertz CT molecular complexity index is 540. The van der Waals surface area contributed by atoms with Gasteiger partial charge in [0.05, 0.1) is 25.3 Å². The van der Waals surface area contributed by atoms with Crippen LogP contribution in [0.2, 0.25) is 0 Å². The lowest BCUT2D eigenvalue weighted by atomic mass is 10.3. The molecule has 1 atom stereocenters. The van der Waals surface area contributed by atoms with Crippen LogP contribution in [0.1, 0.15) is 37.2 Å². The molecule has 0 radical (unpaired) electrons. The second-order valence-electron chi connectivity index (χ2n) is 5.29. The second kappa shape index (κ2) is 5.08. The zero-order valence-electron chi connectivity index (χ0n) is 11.3. The van der Waals surface area contributed by atoms with Crippen LogP contribution in [0.25, 0.3) is 0 Å². The molecule has 1 N–H and O–H groups in total. The Hall–Kier alpha value is -1.76. The second-order valence-corrected chi connectivity index (χ2v) is 5.29. The van der Waals surface area contributed by atoms with Crippen molar-refractivity contribution in [3.05, 3.63) is 23.8 Å². The number of hydrogen-bond acceptors (Lipinski definition) is 5. The first-order valence-electron chi connectivity index (χ1n) is 6.71. The van der Waals surface area contributed by atoms with Crippen molar-refractivity contribution in [1.29, 1.82) is 0 Å². The highest BCUT2D eigenvalue weighted by atomic mass is 15.6. The van der Waals surface area contributed by atoms with Gasteiger partial charge in [0.15, 0.2) is 5.82 Å². The Kier molecular flexibility index (Phi) is 3.29. The highest BCUT2D eigenvalue weighted by molar-refractivity contribution is 4.99. The molecule has 0 aliphatic heterocycles. The Morgan fingerprint density at radius 2 is 2.32 bits per heavy atom. The van der Waals surface area contributed by atoms with Crippen molar-refractivity contribution in [1.82, 2.24) is 35.3 Å². The van der Waals surface area contributed by atoms with E-state index in [-0.39, 0.29) is 0 Å². The summed E-state index contributed by atoms with van der Waals surface area (Å²) in [5.41, 5.74) is 1.19. The van der Waals surface area contributed by atoms with E-state index in [1.54, 1.807) is 0 Å². The van der Waals surface area contributed by atoms with E-state index < -0.39 is 0 Å². The fourth-order valence-corrected chi connectivity index (χ4v) is 2.11. The molecule has 102 valence electrons. The third-order valence-corrected chi connectivity index (χ3v) is 3.29. The summed E-state index contributed by atoms with van der Waals surface area (Å²) >= 11 is 0. The summed E-state index contributed by atoms with van der Waals surface area (Å²) in [5, 5.41) is 19.6.